The minimum atomic E-state index is -0.233. The van der Waals surface area contributed by atoms with E-state index in [1.54, 1.807) is 6.08 Å². The number of likely N-dealkylation sites (N-methyl/N-ethyl adjacent to an activating group) is 1. The number of nitrogens with zero attached hydrogens (tertiary/aromatic N) is 1. The predicted octanol–water partition coefficient (Wildman–Crippen LogP) is 1.20. The fourth-order valence-electron chi connectivity index (χ4n) is 1.86. The van der Waals surface area contributed by atoms with Gasteiger partial charge in [0.1, 0.15) is 0 Å². The van der Waals surface area contributed by atoms with E-state index in [0.29, 0.717) is 6.04 Å². The summed E-state index contributed by atoms with van der Waals surface area (Å²) in [5, 5.41) is 0. The van der Waals surface area contributed by atoms with Gasteiger partial charge < -0.3 is 4.74 Å². The second-order valence-electron chi connectivity index (χ2n) is 3.40. The predicted molar refractivity (Wildman–Crippen MR) is 51.4 cm³/mol. The molecule has 1 aliphatic heterocycles. The van der Waals surface area contributed by atoms with E-state index >= 15 is 0 Å². The molecule has 1 aliphatic rings. The number of hydrogen-bond donors (Lipinski definition) is 0. The first kappa shape index (κ1) is 10.3. The number of rotatable bonds is 2. The average Bonchev–Trinajstić information content (AvgIpc) is 2.46. The molecule has 3 heteroatoms. The van der Waals surface area contributed by atoms with Crippen LogP contribution in [0, 0.1) is 0 Å². The molecule has 0 aromatic carbocycles. The molecule has 0 aromatic rings. The highest BCUT2D eigenvalue weighted by Crippen LogP contribution is 2.24. The van der Waals surface area contributed by atoms with E-state index in [9.17, 15) is 4.79 Å². The van der Waals surface area contributed by atoms with Gasteiger partial charge in [0.25, 0.3) is 0 Å². The van der Waals surface area contributed by atoms with Gasteiger partial charge in [-0.2, -0.15) is 0 Å². The molecule has 0 aliphatic carbocycles. The van der Waals surface area contributed by atoms with Crippen LogP contribution >= 0.6 is 0 Å². The Morgan fingerprint density at radius 2 is 2.46 bits per heavy atom. The third-order valence-electron chi connectivity index (χ3n) is 2.60. The molecule has 1 rings (SSSR count). The second kappa shape index (κ2) is 4.42. The van der Waals surface area contributed by atoms with Crippen LogP contribution in [0.25, 0.3) is 0 Å². The molecule has 1 unspecified atom stereocenters. The highest BCUT2D eigenvalue weighted by atomic mass is 16.5. The summed E-state index contributed by atoms with van der Waals surface area (Å²) in [6.07, 6.45) is 3.68. The van der Waals surface area contributed by atoms with Crippen LogP contribution in [0.3, 0.4) is 0 Å². The first-order valence-corrected chi connectivity index (χ1v) is 4.67. The van der Waals surface area contributed by atoms with Crippen LogP contribution in [-0.2, 0) is 9.53 Å². The first-order chi connectivity index (χ1) is 6.19. The Kier molecular flexibility index (Phi) is 3.48. The smallest absolute Gasteiger partial charge is 0.330 e. The molecule has 0 spiro atoms. The molecule has 0 bridgehead atoms. The lowest BCUT2D eigenvalue weighted by Gasteiger charge is -2.18. The summed E-state index contributed by atoms with van der Waals surface area (Å²) < 4.78 is 4.61. The van der Waals surface area contributed by atoms with Crippen molar-refractivity contribution in [2.75, 3.05) is 20.7 Å². The van der Waals surface area contributed by atoms with Gasteiger partial charge in [-0.15, -0.1) is 0 Å². The van der Waals surface area contributed by atoms with Gasteiger partial charge in [-0.05, 0) is 25.5 Å². The van der Waals surface area contributed by atoms with Crippen LogP contribution in [0.4, 0.5) is 0 Å². The maximum Gasteiger partial charge on any atom is 0.330 e. The number of likely N-dealkylation sites (tertiary alicyclic amines) is 1. The number of carbonyl (C=O) groups excluding carboxylic acids is 1. The molecular formula is C10H17NO2. The number of hydrogen-bond acceptors (Lipinski definition) is 3. The van der Waals surface area contributed by atoms with Crippen molar-refractivity contribution in [2.45, 2.75) is 25.8 Å². The molecule has 0 radical (unpaired) electrons. The zero-order valence-electron chi connectivity index (χ0n) is 8.54. The molecule has 1 fully saturated rings. The first-order valence-electron chi connectivity index (χ1n) is 4.67. The number of esters is 1. The van der Waals surface area contributed by atoms with Crippen molar-refractivity contribution in [3.63, 3.8) is 0 Å². The summed E-state index contributed by atoms with van der Waals surface area (Å²) in [7, 11) is 3.51. The van der Waals surface area contributed by atoms with E-state index in [-0.39, 0.29) is 5.97 Å². The van der Waals surface area contributed by atoms with E-state index in [1.807, 2.05) is 0 Å². The zero-order valence-corrected chi connectivity index (χ0v) is 8.54. The second-order valence-corrected chi connectivity index (χ2v) is 3.40. The van der Waals surface area contributed by atoms with Gasteiger partial charge in [0.05, 0.1) is 7.11 Å². The summed E-state index contributed by atoms with van der Waals surface area (Å²) >= 11 is 0. The lowest BCUT2D eigenvalue weighted by Crippen LogP contribution is -2.25. The Bertz CT molecular complexity index is 223. The quantitative estimate of drug-likeness (QED) is 0.476. The lowest BCUT2D eigenvalue weighted by molar-refractivity contribution is -0.134. The molecule has 0 aromatic heterocycles. The van der Waals surface area contributed by atoms with Crippen molar-refractivity contribution in [3.8, 4) is 0 Å². The fourth-order valence-corrected chi connectivity index (χ4v) is 1.86. The van der Waals surface area contributed by atoms with Gasteiger partial charge in [-0.3, -0.25) is 4.90 Å². The minimum absolute atomic E-state index is 0.233. The van der Waals surface area contributed by atoms with Crippen LogP contribution in [0.2, 0.25) is 0 Å². The molecule has 0 N–H and O–H groups in total. The normalized spacial score (nSPS) is 26.7. The molecule has 1 heterocycles. The van der Waals surface area contributed by atoms with Crippen molar-refractivity contribution in [2.24, 2.45) is 0 Å². The van der Waals surface area contributed by atoms with Crippen molar-refractivity contribution >= 4 is 5.97 Å². The monoisotopic (exact) mass is 183 g/mol. The van der Waals surface area contributed by atoms with Crippen LogP contribution in [0.15, 0.2) is 11.6 Å². The van der Waals surface area contributed by atoms with Gasteiger partial charge in [-0.1, -0.05) is 6.92 Å². The summed E-state index contributed by atoms with van der Waals surface area (Å²) in [4.78, 5) is 13.3. The fraction of sp³-hybridized carbons (Fsp3) is 0.700. The standard InChI is InChI=1S/C10H17NO2/c1-4-9-8(5-6-11(9)2)7-10(12)13-3/h7,9H,4-6H2,1-3H3/b8-7+. The third kappa shape index (κ3) is 2.31. The molecular weight excluding hydrogens is 166 g/mol. The number of methoxy groups -OCH3 is 1. The molecule has 1 saturated heterocycles. The van der Waals surface area contributed by atoms with Crippen LogP contribution < -0.4 is 0 Å². The third-order valence-corrected chi connectivity index (χ3v) is 2.60. The van der Waals surface area contributed by atoms with E-state index in [0.717, 1.165) is 19.4 Å². The Labute approximate surface area is 79.4 Å². The average molecular weight is 183 g/mol. The highest BCUT2D eigenvalue weighted by molar-refractivity contribution is 5.83. The minimum Gasteiger partial charge on any atom is -0.466 e. The molecule has 3 nitrogen and oxygen atoms in total. The van der Waals surface area contributed by atoms with Gasteiger partial charge >= 0.3 is 5.97 Å². The van der Waals surface area contributed by atoms with Crippen LogP contribution in [0.5, 0.6) is 0 Å². The topological polar surface area (TPSA) is 29.5 Å². The van der Waals surface area contributed by atoms with E-state index in [1.165, 1.54) is 12.7 Å². The van der Waals surface area contributed by atoms with Gasteiger partial charge in [0.2, 0.25) is 0 Å². The lowest BCUT2D eigenvalue weighted by atomic mass is 10.1. The van der Waals surface area contributed by atoms with E-state index in [2.05, 4.69) is 23.6 Å². The SMILES string of the molecule is CCC1/C(=C/C(=O)OC)CCN1C. The van der Waals surface area contributed by atoms with Crippen LogP contribution in [-0.4, -0.2) is 37.6 Å². The molecule has 13 heavy (non-hydrogen) atoms. The Morgan fingerprint density at radius 3 is 3.00 bits per heavy atom. The van der Waals surface area contributed by atoms with Crippen molar-refractivity contribution < 1.29 is 9.53 Å². The zero-order chi connectivity index (χ0) is 9.84. The number of carbonyl (C=O) groups is 1. The maximum absolute atomic E-state index is 11.0. The highest BCUT2D eigenvalue weighted by Gasteiger charge is 2.24. The molecule has 0 saturated carbocycles. The largest absolute Gasteiger partial charge is 0.466 e. The van der Waals surface area contributed by atoms with E-state index < -0.39 is 0 Å². The Morgan fingerprint density at radius 1 is 1.77 bits per heavy atom. The Balaban J connectivity index is 2.69. The van der Waals surface area contributed by atoms with Gasteiger partial charge in [-0.25, -0.2) is 4.79 Å². The summed E-state index contributed by atoms with van der Waals surface area (Å²) in [5.74, 6) is -0.233. The van der Waals surface area contributed by atoms with E-state index in [4.69, 9.17) is 0 Å². The summed E-state index contributed by atoms with van der Waals surface area (Å²) in [6.45, 7) is 3.18. The molecule has 74 valence electrons. The summed E-state index contributed by atoms with van der Waals surface area (Å²) in [6, 6.07) is 0.430. The summed E-state index contributed by atoms with van der Waals surface area (Å²) in [5.41, 5.74) is 1.21. The maximum atomic E-state index is 11.0. The van der Waals surface area contributed by atoms with Crippen LogP contribution in [0.1, 0.15) is 19.8 Å². The van der Waals surface area contributed by atoms with Gasteiger partial charge in [0.15, 0.2) is 0 Å². The van der Waals surface area contributed by atoms with Crippen molar-refractivity contribution in [1.29, 1.82) is 0 Å². The number of ether oxygens (including phenoxy) is 1. The van der Waals surface area contributed by atoms with Crippen molar-refractivity contribution in [3.05, 3.63) is 11.6 Å². The van der Waals surface area contributed by atoms with Gasteiger partial charge in [0, 0.05) is 18.7 Å². The Hall–Kier alpha value is -0.830. The molecule has 0 amide bonds. The molecule has 1 atom stereocenters. The van der Waals surface area contributed by atoms with Crippen molar-refractivity contribution in [1.82, 2.24) is 4.90 Å².